The van der Waals surface area contributed by atoms with Gasteiger partial charge >= 0.3 is 6.09 Å². The van der Waals surface area contributed by atoms with Gasteiger partial charge in [-0.25, -0.2) is 4.79 Å². The van der Waals surface area contributed by atoms with Gasteiger partial charge in [-0.05, 0) is 0 Å². The van der Waals surface area contributed by atoms with Crippen molar-refractivity contribution in [1.82, 2.24) is 4.90 Å². The number of amides is 2. The van der Waals surface area contributed by atoms with Gasteiger partial charge in [0, 0.05) is 20.0 Å². The predicted molar refractivity (Wildman–Crippen MR) is 49.1 cm³/mol. The molecular weight excluding hydrogens is 184 g/mol. The summed E-state index contributed by atoms with van der Waals surface area (Å²) < 4.78 is 4.83. The Kier molecular flexibility index (Phi) is 2.65. The van der Waals surface area contributed by atoms with Crippen LogP contribution in [0, 0.1) is 12.3 Å². The summed E-state index contributed by atoms with van der Waals surface area (Å²) in [6.45, 7) is 0.522. The molecule has 14 heavy (non-hydrogen) atoms. The van der Waals surface area contributed by atoms with E-state index in [9.17, 15) is 9.59 Å². The van der Waals surface area contributed by atoms with Gasteiger partial charge in [-0.1, -0.05) is 0 Å². The lowest BCUT2D eigenvalue weighted by atomic mass is 9.98. The Bertz CT molecular complexity index is 308. The molecule has 1 aliphatic heterocycles. The van der Waals surface area contributed by atoms with E-state index in [2.05, 4.69) is 5.92 Å². The zero-order chi connectivity index (χ0) is 10.8. The van der Waals surface area contributed by atoms with Crippen molar-refractivity contribution in [3.63, 3.8) is 0 Å². The first-order chi connectivity index (χ1) is 6.52. The van der Waals surface area contributed by atoms with E-state index in [-0.39, 0.29) is 12.3 Å². The van der Waals surface area contributed by atoms with Crippen LogP contribution in [0.4, 0.5) is 4.79 Å². The van der Waals surface area contributed by atoms with Crippen LogP contribution in [0.3, 0.4) is 0 Å². The van der Waals surface area contributed by atoms with E-state index < -0.39 is 11.7 Å². The molecule has 0 saturated carbocycles. The first-order valence-electron chi connectivity index (χ1n) is 4.19. The van der Waals surface area contributed by atoms with Crippen LogP contribution >= 0.6 is 0 Å². The van der Waals surface area contributed by atoms with Crippen molar-refractivity contribution in [2.24, 2.45) is 5.73 Å². The fourth-order valence-corrected chi connectivity index (χ4v) is 1.56. The summed E-state index contributed by atoms with van der Waals surface area (Å²) in [5, 5.41) is 0. The van der Waals surface area contributed by atoms with Crippen LogP contribution in [-0.2, 0) is 9.53 Å². The molecule has 76 valence electrons. The standard InChI is InChI=1S/C9H12N2O3/c1-3-4-9(14-8(10)13)5-6-11(2)7(9)12/h1H,4-6H2,2H3,(H2,10,13)/t9-/m0/s1. The van der Waals surface area contributed by atoms with E-state index in [1.807, 2.05) is 0 Å². The molecular formula is C9H12N2O3. The largest absolute Gasteiger partial charge is 0.432 e. The van der Waals surface area contributed by atoms with Crippen LogP contribution < -0.4 is 5.73 Å². The average molecular weight is 196 g/mol. The molecule has 0 aliphatic carbocycles. The maximum atomic E-state index is 11.7. The zero-order valence-corrected chi connectivity index (χ0v) is 7.95. The molecule has 5 nitrogen and oxygen atoms in total. The third-order valence-electron chi connectivity index (χ3n) is 2.27. The first kappa shape index (κ1) is 10.4. The summed E-state index contributed by atoms with van der Waals surface area (Å²) in [6, 6.07) is 0. The number of likely N-dealkylation sites (N-methyl/N-ethyl adjacent to an activating group) is 1. The van der Waals surface area contributed by atoms with Crippen molar-refractivity contribution in [2.75, 3.05) is 13.6 Å². The average Bonchev–Trinajstić information content (AvgIpc) is 2.34. The number of nitrogens with two attached hydrogens (primary N) is 1. The van der Waals surface area contributed by atoms with Crippen molar-refractivity contribution in [2.45, 2.75) is 18.4 Å². The van der Waals surface area contributed by atoms with Crippen LogP contribution in [0.15, 0.2) is 0 Å². The summed E-state index contributed by atoms with van der Waals surface area (Å²) >= 11 is 0. The maximum Gasteiger partial charge on any atom is 0.405 e. The number of likely N-dealkylation sites (tertiary alicyclic amines) is 1. The summed E-state index contributed by atoms with van der Waals surface area (Å²) in [5.41, 5.74) is 3.67. The molecule has 1 saturated heterocycles. The quantitative estimate of drug-likeness (QED) is 0.616. The van der Waals surface area contributed by atoms with Crippen molar-refractivity contribution in [3.05, 3.63) is 0 Å². The number of hydrogen-bond donors (Lipinski definition) is 1. The monoisotopic (exact) mass is 196 g/mol. The number of terminal acetylenes is 1. The summed E-state index contributed by atoms with van der Waals surface area (Å²) in [5.74, 6) is 2.04. The maximum absolute atomic E-state index is 11.7. The van der Waals surface area contributed by atoms with Crippen molar-refractivity contribution in [1.29, 1.82) is 0 Å². The number of ether oxygens (including phenoxy) is 1. The Morgan fingerprint density at radius 3 is 2.86 bits per heavy atom. The predicted octanol–water partition coefficient (Wildman–Crippen LogP) is -0.294. The van der Waals surface area contributed by atoms with Gasteiger partial charge in [0.2, 0.25) is 5.60 Å². The highest BCUT2D eigenvalue weighted by atomic mass is 16.6. The normalized spacial score (nSPS) is 26.0. The molecule has 0 unspecified atom stereocenters. The lowest BCUT2D eigenvalue weighted by molar-refractivity contribution is -0.141. The van der Waals surface area contributed by atoms with Gasteiger partial charge in [0.15, 0.2) is 0 Å². The second kappa shape index (κ2) is 3.58. The van der Waals surface area contributed by atoms with Crippen LogP contribution in [0.25, 0.3) is 0 Å². The Morgan fingerprint density at radius 2 is 2.50 bits per heavy atom. The number of primary amides is 1. The van der Waals surface area contributed by atoms with E-state index >= 15 is 0 Å². The van der Waals surface area contributed by atoms with E-state index in [0.717, 1.165) is 0 Å². The number of carbonyl (C=O) groups is 2. The van der Waals surface area contributed by atoms with E-state index in [1.54, 1.807) is 7.05 Å². The molecule has 0 aromatic heterocycles. The summed E-state index contributed by atoms with van der Waals surface area (Å²) in [7, 11) is 1.63. The number of nitrogens with zero attached hydrogens (tertiary/aromatic N) is 1. The third-order valence-corrected chi connectivity index (χ3v) is 2.27. The van der Waals surface area contributed by atoms with E-state index in [1.165, 1.54) is 4.90 Å². The van der Waals surface area contributed by atoms with Gasteiger partial charge in [0.05, 0.1) is 6.42 Å². The van der Waals surface area contributed by atoms with E-state index in [0.29, 0.717) is 13.0 Å². The molecule has 0 bridgehead atoms. The summed E-state index contributed by atoms with van der Waals surface area (Å²) in [4.78, 5) is 23.8. The first-order valence-corrected chi connectivity index (χ1v) is 4.19. The van der Waals surface area contributed by atoms with Crippen LogP contribution in [-0.4, -0.2) is 36.1 Å². The summed E-state index contributed by atoms with van der Waals surface area (Å²) in [6.07, 6.45) is 4.62. The molecule has 2 amide bonds. The molecule has 0 radical (unpaired) electrons. The lowest BCUT2D eigenvalue weighted by Crippen LogP contribution is -2.44. The molecule has 0 aromatic carbocycles. The minimum absolute atomic E-state index is 0.0686. The van der Waals surface area contributed by atoms with Gasteiger partial charge in [-0.3, -0.25) is 4.79 Å². The molecule has 1 heterocycles. The SMILES string of the molecule is C#CC[C@]1(OC(N)=O)CCN(C)C1=O. The van der Waals surface area contributed by atoms with Gasteiger partial charge in [0.1, 0.15) is 0 Å². The van der Waals surface area contributed by atoms with Crippen molar-refractivity contribution < 1.29 is 14.3 Å². The number of hydrogen-bond acceptors (Lipinski definition) is 3. The molecule has 2 N–H and O–H groups in total. The molecule has 1 fully saturated rings. The topological polar surface area (TPSA) is 72.6 Å². The molecule has 0 aromatic rings. The van der Waals surface area contributed by atoms with Crippen molar-refractivity contribution >= 4 is 12.0 Å². The van der Waals surface area contributed by atoms with Gasteiger partial charge in [-0.2, -0.15) is 0 Å². The molecule has 5 heteroatoms. The van der Waals surface area contributed by atoms with Gasteiger partial charge < -0.3 is 15.4 Å². The van der Waals surface area contributed by atoms with Gasteiger partial charge in [0.25, 0.3) is 5.91 Å². The van der Waals surface area contributed by atoms with Crippen LogP contribution in [0.5, 0.6) is 0 Å². The Labute approximate surface area is 82.2 Å². The highest BCUT2D eigenvalue weighted by molar-refractivity contribution is 5.89. The Hall–Kier alpha value is -1.70. The Balaban J connectivity index is 2.89. The van der Waals surface area contributed by atoms with Gasteiger partial charge in [-0.15, -0.1) is 12.3 Å². The fraction of sp³-hybridized carbons (Fsp3) is 0.556. The molecule has 0 spiro atoms. The van der Waals surface area contributed by atoms with E-state index in [4.69, 9.17) is 16.9 Å². The molecule has 1 rings (SSSR count). The minimum atomic E-state index is -1.23. The highest BCUT2D eigenvalue weighted by Crippen LogP contribution is 2.29. The minimum Gasteiger partial charge on any atom is -0.432 e. The van der Waals surface area contributed by atoms with Crippen LogP contribution in [0.1, 0.15) is 12.8 Å². The number of carbonyl (C=O) groups excluding carboxylic acids is 2. The van der Waals surface area contributed by atoms with Crippen molar-refractivity contribution in [3.8, 4) is 12.3 Å². The number of rotatable bonds is 2. The zero-order valence-electron chi connectivity index (χ0n) is 7.95. The molecule has 1 aliphatic rings. The fourth-order valence-electron chi connectivity index (χ4n) is 1.56. The third kappa shape index (κ3) is 1.64. The second-order valence-electron chi connectivity index (χ2n) is 3.27. The lowest BCUT2D eigenvalue weighted by Gasteiger charge is -2.23. The Morgan fingerprint density at radius 1 is 1.86 bits per heavy atom. The second-order valence-corrected chi connectivity index (χ2v) is 3.27. The van der Waals surface area contributed by atoms with Crippen LogP contribution in [0.2, 0.25) is 0 Å². The smallest absolute Gasteiger partial charge is 0.405 e. The highest BCUT2D eigenvalue weighted by Gasteiger charge is 2.48. The molecule has 1 atom stereocenters.